The number of aromatic amines is 1. The smallest absolute Gasteiger partial charge is 0.261 e. The van der Waals surface area contributed by atoms with Crippen molar-refractivity contribution >= 4 is 28.4 Å². The lowest BCUT2D eigenvalue weighted by Gasteiger charge is -2.11. The van der Waals surface area contributed by atoms with Crippen molar-refractivity contribution in [3.05, 3.63) is 76.1 Å². The quantitative estimate of drug-likeness (QED) is 0.614. The van der Waals surface area contributed by atoms with Gasteiger partial charge in [-0.05, 0) is 41.6 Å². The summed E-state index contributed by atoms with van der Waals surface area (Å²) >= 11 is 0. The Labute approximate surface area is 163 Å². The van der Waals surface area contributed by atoms with Gasteiger partial charge in [0, 0.05) is 23.7 Å². The summed E-state index contributed by atoms with van der Waals surface area (Å²) in [6.45, 7) is 4.09. The maximum Gasteiger partial charge on any atom is 0.261 e. The summed E-state index contributed by atoms with van der Waals surface area (Å²) in [6, 6.07) is 16.2. The zero-order valence-electron chi connectivity index (χ0n) is 15.9. The summed E-state index contributed by atoms with van der Waals surface area (Å²) < 4.78 is 0. The molecule has 6 nitrogen and oxygen atoms in total. The second-order valence-electron chi connectivity index (χ2n) is 6.78. The highest BCUT2D eigenvalue weighted by molar-refractivity contribution is 5.97. The molecule has 0 saturated heterocycles. The van der Waals surface area contributed by atoms with E-state index in [1.165, 1.54) is 0 Å². The van der Waals surface area contributed by atoms with Crippen molar-refractivity contribution in [1.82, 2.24) is 10.3 Å². The van der Waals surface area contributed by atoms with Crippen LogP contribution in [0, 0.1) is 5.92 Å². The van der Waals surface area contributed by atoms with Crippen molar-refractivity contribution in [2.24, 2.45) is 5.92 Å². The van der Waals surface area contributed by atoms with Crippen molar-refractivity contribution in [1.29, 1.82) is 0 Å². The average molecular weight is 377 g/mol. The van der Waals surface area contributed by atoms with Crippen LogP contribution in [0.1, 0.15) is 36.2 Å². The molecular weight excluding hydrogens is 354 g/mol. The van der Waals surface area contributed by atoms with Gasteiger partial charge in [0.1, 0.15) is 5.56 Å². The predicted octanol–water partition coefficient (Wildman–Crippen LogP) is 3.44. The molecule has 0 saturated carbocycles. The standard InChI is InChI=1S/C22H23N3O3/c1-3-14(2)20(26)24-17-9-6-7-15(11-17)13-23-21(27)18-12-16-8-4-5-10-19(16)25-22(18)28/h4-12,14H,3,13H2,1-2H3,(H,23,27)(H,24,26)(H,25,28). The minimum absolute atomic E-state index is 0.0358. The number of aromatic nitrogens is 1. The molecule has 2 aromatic carbocycles. The average Bonchev–Trinajstić information content (AvgIpc) is 2.71. The fourth-order valence-electron chi connectivity index (χ4n) is 2.80. The predicted molar refractivity (Wildman–Crippen MR) is 110 cm³/mol. The monoisotopic (exact) mass is 377 g/mol. The Kier molecular flexibility index (Phi) is 5.89. The van der Waals surface area contributed by atoms with Crippen LogP contribution < -0.4 is 16.2 Å². The molecular formula is C22H23N3O3. The number of benzene rings is 2. The SMILES string of the molecule is CCC(C)C(=O)Nc1cccc(CNC(=O)c2cc3ccccc3[nH]c2=O)c1. The summed E-state index contributed by atoms with van der Waals surface area (Å²) in [7, 11) is 0. The lowest BCUT2D eigenvalue weighted by Crippen LogP contribution is -2.29. The van der Waals surface area contributed by atoms with Crippen molar-refractivity contribution in [2.75, 3.05) is 5.32 Å². The van der Waals surface area contributed by atoms with Crippen LogP contribution in [0.15, 0.2) is 59.4 Å². The van der Waals surface area contributed by atoms with E-state index in [9.17, 15) is 14.4 Å². The van der Waals surface area contributed by atoms with Gasteiger partial charge < -0.3 is 15.6 Å². The van der Waals surface area contributed by atoms with Gasteiger partial charge in [-0.1, -0.05) is 44.2 Å². The molecule has 1 unspecified atom stereocenters. The second-order valence-corrected chi connectivity index (χ2v) is 6.78. The molecule has 0 fully saturated rings. The number of para-hydroxylation sites is 1. The largest absolute Gasteiger partial charge is 0.348 e. The maximum absolute atomic E-state index is 12.5. The van der Waals surface area contributed by atoms with Gasteiger partial charge in [-0.2, -0.15) is 0 Å². The van der Waals surface area contributed by atoms with Crippen molar-refractivity contribution < 1.29 is 9.59 Å². The molecule has 1 aromatic heterocycles. The fourth-order valence-corrected chi connectivity index (χ4v) is 2.80. The van der Waals surface area contributed by atoms with E-state index in [0.717, 1.165) is 17.4 Å². The van der Waals surface area contributed by atoms with Gasteiger partial charge in [-0.15, -0.1) is 0 Å². The summed E-state index contributed by atoms with van der Waals surface area (Å²) in [6.07, 6.45) is 0.766. The number of carbonyl (C=O) groups excluding carboxylic acids is 2. The van der Waals surface area contributed by atoms with Crippen molar-refractivity contribution in [3.8, 4) is 0 Å². The zero-order valence-corrected chi connectivity index (χ0v) is 15.9. The Morgan fingerprint density at radius 1 is 1.07 bits per heavy atom. The summed E-state index contributed by atoms with van der Waals surface area (Å²) in [5.74, 6) is -0.546. The van der Waals surface area contributed by atoms with Crippen molar-refractivity contribution in [3.63, 3.8) is 0 Å². The molecule has 144 valence electrons. The first-order chi connectivity index (χ1) is 13.5. The first-order valence-electron chi connectivity index (χ1n) is 9.28. The van der Waals surface area contributed by atoms with Gasteiger partial charge in [0.05, 0.1) is 0 Å². The lowest BCUT2D eigenvalue weighted by atomic mass is 10.1. The van der Waals surface area contributed by atoms with Crippen LogP contribution >= 0.6 is 0 Å². The number of nitrogens with one attached hydrogen (secondary N) is 3. The van der Waals surface area contributed by atoms with Gasteiger partial charge in [0.25, 0.3) is 11.5 Å². The fraction of sp³-hybridized carbons (Fsp3) is 0.227. The molecule has 0 radical (unpaired) electrons. The molecule has 2 amide bonds. The third kappa shape index (κ3) is 4.46. The molecule has 0 aliphatic carbocycles. The number of carbonyl (C=O) groups is 2. The third-order valence-corrected chi connectivity index (χ3v) is 4.71. The molecule has 6 heteroatoms. The molecule has 0 spiro atoms. The number of fused-ring (bicyclic) bond motifs is 1. The number of H-pyrrole nitrogens is 1. The number of pyridine rings is 1. The number of hydrogen-bond acceptors (Lipinski definition) is 3. The molecule has 3 N–H and O–H groups in total. The van der Waals surface area contributed by atoms with E-state index in [2.05, 4.69) is 15.6 Å². The number of amides is 2. The van der Waals surface area contributed by atoms with Gasteiger partial charge in [0.15, 0.2) is 0 Å². The second kappa shape index (κ2) is 8.52. The topological polar surface area (TPSA) is 91.1 Å². The molecule has 3 aromatic rings. The molecule has 28 heavy (non-hydrogen) atoms. The van der Waals surface area contributed by atoms with Crippen LogP contribution in [0.25, 0.3) is 10.9 Å². The van der Waals surface area contributed by atoms with E-state index >= 15 is 0 Å². The van der Waals surface area contributed by atoms with E-state index in [1.807, 2.05) is 50.2 Å². The van der Waals surface area contributed by atoms with E-state index in [0.29, 0.717) is 11.2 Å². The summed E-state index contributed by atoms with van der Waals surface area (Å²) in [5.41, 5.74) is 1.84. The first kappa shape index (κ1) is 19.4. The van der Waals surface area contributed by atoms with E-state index in [4.69, 9.17) is 0 Å². The van der Waals surface area contributed by atoms with Crippen molar-refractivity contribution in [2.45, 2.75) is 26.8 Å². The van der Waals surface area contributed by atoms with Crippen LogP contribution in [-0.4, -0.2) is 16.8 Å². The minimum Gasteiger partial charge on any atom is -0.348 e. The Balaban J connectivity index is 1.70. The van der Waals surface area contributed by atoms with E-state index in [1.54, 1.807) is 18.2 Å². The molecule has 3 rings (SSSR count). The van der Waals surface area contributed by atoms with Crippen LogP contribution in [0.2, 0.25) is 0 Å². The van der Waals surface area contributed by atoms with Crippen LogP contribution in [0.3, 0.4) is 0 Å². The summed E-state index contributed by atoms with van der Waals surface area (Å²) in [4.78, 5) is 39.4. The zero-order chi connectivity index (χ0) is 20.1. The molecule has 1 atom stereocenters. The van der Waals surface area contributed by atoms with Gasteiger partial charge in [-0.25, -0.2) is 0 Å². The van der Waals surface area contributed by atoms with Crippen LogP contribution in [0.5, 0.6) is 0 Å². The highest BCUT2D eigenvalue weighted by atomic mass is 16.2. The Morgan fingerprint density at radius 3 is 2.64 bits per heavy atom. The number of anilines is 1. The van der Waals surface area contributed by atoms with Crippen LogP contribution in [0.4, 0.5) is 5.69 Å². The normalized spacial score (nSPS) is 11.8. The summed E-state index contributed by atoms with van der Waals surface area (Å²) in [5, 5.41) is 6.43. The minimum atomic E-state index is -0.443. The van der Waals surface area contributed by atoms with E-state index in [-0.39, 0.29) is 23.9 Å². The van der Waals surface area contributed by atoms with Gasteiger partial charge in [-0.3, -0.25) is 14.4 Å². The van der Waals surface area contributed by atoms with Crippen LogP contribution in [-0.2, 0) is 11.3 Å². The highest BCUT2D eigenvalue weighted by Gasteiger charge is 2.13. The number of rotatable bonds is 6. The van der Waals surface area contributed by atoms with Gasteiger partial charge in [0.2, 0.25) is 5.91 Å². The first-order valence-corrected chi connectivity index (χ1v) is 9.28. The Bertz CT molecular complexity index is 1070. The molecule has 1 heterocycles. The van der Waals surface area contributed by atoms with Gasteiger partial charge >= 0.3 is 0 Å². The lowest BCUT2D eigenvalue weighted by molar-refractivity contribution is -0.119. The maximum atomic E-state index is 12.5. The Morgan fingerprint density at radius 2 is 1.86 bits per heavy atom. The molecule has 0 bridgehead atoms. The number of hydrogen-bond donors (Lipinski definition) is 3. The molecule has 0 aliphatic heterocycles. The van der Waals surface area contributed by atoms with E-state index < -0.39 is 11.5 Å². The third-order valence-electron chi connectivity index (χ3n) is 4.71. The molecule has 0 aliphatic rings. The highest BCUT2D eigenvalue weighted by Crippen LogP contribution is 2.14. The Hall–Kier alpha value is -3.41.